The summed E-state index contributed by atoms with van der Waals surface area (Å²) in [5.74, 6) is 0. The summed E-state index contributed by atoms with van der Waals surface area (Å²) in [4.78, 5) is 4.48. The van der Waals surface area contributed by atoms with Crippen LogP contribution in [-0.2, 0) is 9.47 Å². The van der Waals surface area contributed by atoms with Crippen molar-refractivity contribution in [2.45, 2.75) is 25.3 Å². The van der Waals surface area contributed by atoms with E-state index in [0.29, 0.717) is 0 Å². The van der Waals surface area contributed by atoms with Crippen molar-refractivity contribution < 1.29 is 9.47 Å². The summed E-state index contributed by atoms with van der Waals surface area (Å²) in [6.45, 7) is 2.04. The molecular weight excluding hydrogens is 264 g/mol. The number of ether oxygens (including phenoxy) is 2. The Morgan fingerprint density at radius 3 is 2.19 bits per heavy atom. The van der Waals surface area contributed by atoms with Crippen LogP contribution in [0, 0.1) is 0 Å². The molecule has 4 heteroatoms. The van der Waals surface area contributed by atoms with Gasteiger partial charge in [-0.25, -0.2) is 0 Å². The first-order valence-electron chi connectivity index (χ1n) is 7.03. The second-order valence-electron chi connectivity index (χ2n) is 4.89. The highest BCUT2D eigenvalue weighted by Crippen LogP contribution is 2.21. The Labute approximate surface area is 126 Å². The van der Waals surface area contributed by atoms with Crippen molar-refractivity contribution in [3.05, 3.63) is 66.0 Å². The Bertz CT molecular complexity index is 475. The maximum Gasteiger partial charge on any atom is 0.171 e. The third-order valence-corrected chi connectivity index (χ3v) is 3.42. The first kappa shape index (κ1) is 15.6. The van der Waals surface area contributed by atoms with Gasteiger partial charge >= 0.3 is 0 Å². The smallest absolute Gasteiger partial charge is 0.171 e. The predicted molar refractivity (Wildman–Crippen MR) is 82.9 cm³/mol. The lowest BCUT2D eigenvalue weighted by Crippen LogP contribution is -2.42. The highest BCUT2D eigenvalue weighted by molar-refractivity contribution is 5.27. The maximum atomic E-state index is 5.33. The number of nitrogens with one attached hydrogen (secondary N) is 1. The van der Waals surface area contributed by atoms with Gasteiger partial charge in [-0.15, -0.1) is 0 Å². The second-order valence-corrected chi connectivity index (χ2v) is 4.89. The number of rotatable bonds is 7. The van der Waals surface area contributed by atoms with E-state index in [1.165, 1.54) is 0 Å². The minimum absolute atomic E-state index is 0.00444. The lowest BCUT2D eigenvalue weighted by Gasteiger charge is -2.27. The van der Waals surface area contributed by atoms with E-state index in [2.05, 4.69) is 22.4 Å². The monoisotopic (exact) mass is 286 g/mol. The molecule has 2 atom stereocenters. The molecule has 2 rings (SSSR count). The van der Waals surface area contributed by atoms with Crippen LogP contribution in [0.2, 0.25) is 0 Å². The van der Waals surface area contributed by atoms with Crippen LogP contribution in [0.4, 0.5) is 0 Å². The molecule has 2 unspecified atom stereocenters. The van der Waals surface area contributed by atoms with Gasteiger partial charge < -0.3 is 9.47 Å². The molecule has 0 aliphatic heterocycles. The fraction of sp³-hybridized carbons (Fsp3) is 0.353. The Balaban J connectivity index is 2.25. The maximum absolute atomic E-state index is 5.33. The van der Waals surface area contributed by atoms with E-state index >= 15 is 0 Å². The standard InChI is InChI=1S/C17H22N2O2/c1-13(17(20-2)21-3)19-16(14-9-5-4-6-10-14)15-11-7-8-12-18-15/h4-13,16-17,19H,1-3H3. The molecule has 0 fully saturated rings. The number of nitrogens with zero attached hydrogens (tertiary/aromatic N) is 1. The predicted octanol–water partition coefficient (Wildman–Crippen LogP) is 2.77. The van der Waals surface area contributed by atoms with Crippen molar-refractivity contribution >= 4 is 0 Å². The molecule has 1 aromatic heterocycles. The second kappa shape index (κ2) is 7.88. The SMILES string of the molecule is COC(OC)C(C)NC(c1ccccc1)c1ccccn1. The van der Waals surface area contributed by atoms with Crippen molar-refractivity contribution in [1.29, 1.82) is 0 Å². The van der Waals surface area contributed by atoms with E-state index < -0.39 is 0 Å². The Hall–Kier alpha value is -1.75. The molecule has 0 aliphatic carbocycles. The Morgan fingerprint density at radius 1 is 0.952 bits per heavy atom. The highest BCUT2D eigenvalue weighted by Gasteiger charge is 2.22. The van der Waals surface area contributed by atoms with Crippen LogP contribution in [0.1, 0.15) is 24.2 Å². The lowest BCUT2D eigenvalue weighted by molar-refractivity contribution is -0.120. The quantitative estimate of drug-likeness (QED) is 0.795. The summed E-state index contributed by atoms with van der Waals surface area (Å²) in [6, 6.07) is 16.2. The summed E-state index contributed by atoms with van der Waals surface area (Å²) in [5, 5.41) is 3.54. The van der Waals surface area contributed by atoms with Gasteiger partial charge in [0, 0.05) is 20.4 Å². The van der Waals surface area contributed by atoms with Gasteiger partial charge in [-0.2, -0.15) is 0 Å². The van der Waals surface area contributed by atoms with Crippen molar-refractivity contribution in [2.24, 2.45) is 0 Å². The van der Waals surface area contributed by atoms with Crippen LogP contribution in [-0.4, -0.2) is 31.5 Å². The zero-order valence-corrected chi connectivity index (χ0v) is 12.7. The summed E-state index contributed by atoms with van der Waals surface area (Å²) in [6.07, 6.45) is 1.50. The van der Waals surface area contributed by atoms with E-state index in [1.54, 1.807) is 14.2 Å². The zero-order chi connectivity index (χ0) is 15.1. The molecule has 1 N–H and O–H groups in total. The third kappa shape index (κ3) is 4.11. The molecular formula is C17H22N2O2. The third-order valence-electron chi connectivity index (χ3n) is 3.42. The van der Waals surface area contributed by atoms with Crippen LogP contribution >= 0.6 is 0 Å². The van der Waals surface area contributed by atoms with E-state index in [9.17, 15) is 0 Å². The van der Waals surface area contributed by atoms with E-state index in [-0.39, 0.29) is 18.4 Å². The zero-order valence-electron chi connectivity index (χ0n) is 12.7. The van der Waals surface area contributed by atoms with Gasteiger partial charge in [0.2, 0.25) is 0 Å². The van der Waals surface area contributed by atoms with Gasteiger partial charge in [0.25, 0.3) is 0 Å². The van der Waals surface area contributed by atoms with Crippen molar-refractivity contribution in [2.75, 3.05) is 14.2 Å². The molecule has 0 bridgehead atoms. The number of pyridine rings is 1. The Kier molecular flexibility index (Phi) is 5.87. The number of hydrogen-bond donors (Lipinski definition) is 1. The summed E-state index contributed by atoms with van der Waals surface area (Å²) < 4.78 is 10.7. The van der Waals surface area contributed by atoms with Crippen LogP contribution < -0.4 is 5.32 Å². The first-order valence-corrected chi connectivity index (χ1v) is 7.03. The molecule has 0 saturated carbocycles. The molecule has 112 valence electrons. The molecule has 1 aromatic carbocycles. The highest BCUT2D eigenvalue weighted by atomic mass is 16.7. The molecule has 4 nitrogen and oxygen atoms in total. The molecule has 0 radical (unpaired) electrons. The van der Waals surface area contributed by atoms with E-state index in [1.807, 2.05) is 49.5 Å². The minimum atomic E-state index is -0.306. The van der Waals surface area contributed by atoms with Crippen molar-refractivity contribution in [3.8, 4) is 0 Å². The number of benzene rings is 1. The lowest BCUT2D eigenvalue weighted by atomic mass is 10.0. The van der Waals surface area contributed by atoms with Gasteiger partial charge in [-0.1, -0.05) is 36.4 Å². The molecule has 1 heterocycles. The van der Waals surface area contributed by atoms with Crippen molar-refractivity contribution in [1.82, 2.24) is 10.3 Å². The number of methoxy groups -OCH3 is 2. The fourth-order valence-electron chi connectivity index (χ4n) is 2.39. The van der Waals surface area contributed by atoms with Gasteiger partial charge in [0.1, 0.15) is 0 Å². The molecule has 2 aromatic rings. The normalized spacial score (nSPS) is 14.1. The number of aromatic nitrogens is 1. The molecule has 0 saturated heterocycles. The van der Waals surface area contributed by atoms with Gasteiger partial charge in [0.05, 0.1) is 17.8 Å². The minimum Gasteiger partial charge on any atom is -0.354 e. The Morgan fingerprint density at radius 2 is 1.62 bits per heavy atom. The van der Waals surface area contributed by atoms with Crippen LogP contribution in [0.25, 0.3) is 0 Å². The molecule has 0 aliphatic rings. The van der Waals surface area contributed by atoms with Gasteiger partial charge in [-0.3, -0.25) is 10.3 Å². The average molecular weight is 286 g/mol. The van der Waals surface area contributed by atoms with Gasteiger partial charge in [-0.05, 0) is 24.6 Å². The van der Waals surface area contributed by atoms with Crippen LogP contribution in [0.15, 0.2) is 54.7 Å². The topological polar surface area (TPSA) is 43.4 Å². The van der Waals surface area contributed by atoms with Crippen LogP contribution in [0.5, 0.6) is 0 Å². The fourth-order valence-corrected chi connectivity index (χ4v) is 2.39. The summed E-state index contributed by atoms with van der Waals surface area (Å²) in [5.41, 5.74) is 2.13. The van der Waals surface area contributed by atoms with E-state index in [0.717, 1.165) is 11.3 Å². The largest absolute Gasteiger partial charge is 0.354 e. The van der Waals surface area contributed by atoms with Gasteiger partial charge in [0.15, 0.2) is 6.29 Å². The molecule has 21 heavy (non-hydrogen) atoms. The molecule has 0 spiro atoms. The summed E-state index contributed by atoms with van der Waals surface area (Å²) >= 11 is 0. The molecule has 0 amide bonds. The average Bonchev–Trinajstić information content (AvgIpc) is 2.55. The van der Waals surface area contributed by atoms with Crippen LogP contribution in [0.3, 0.4) is 0 Å². The summed E-state index contributed by atoms with van der Waals surface area (Å²) in [7, 11) is 3.29. The number of hydrogen-bond acceptors (Lipinski definition) is 4. The van der Waals surface area contributed by atoms with Crippen molar-refractivity contribution in [3.63, 3.8) is 0 Å². The van der Waals surface area contributed by atoms with E-state index in [4.69, 9.17) is 9.47 Å². The first-order chi connectivity index (χ1) is 10.3.